The molecule has 0 amide bonds. The number of Topliss-reactive ketones (excluding diaryl/α,β-unsaturated/α-hetero) is 1. The van der Waals surface area contributed by atoms with Crippen molar-refractivity contribution in [1.29, 1.82) is 0 Å². The minimum absolute atomic E-state index is 0.228. The number of carbonyl (C=O) groups is 1. The van der Waals surface area contributed by atoms with Crippen LogP contribution in [0, 0.1) is 17.3 Å². The largest absolute Gasteiger partial charge is 0.299 e. The second-order valence-electron chi connectivity index (χ2n) is 4.97. The maximum atomic E-state index is 11.9. The van der Waals surface area contributed by atoms with Crippen LogP contribution in [-0.4, -0.2) is 5.78 Å². The molecule has 0 aromatic rings. The topological polar surface area (TPSA) is 17.1 Å². The Morgan fingerprint density at radius 3 is 2.57 bits per heavy atom. The molecule has 1 saturated carbocycles. The first-order chi connectivity index (χ1) is 6.39. The first kappa shape index (κ1) is 11.2. The number of carbonyl (C=O) groups excluding carboxylic acids is 1. The predicted octanol–water partition coefficient (Wildman–Crippen LogP) is 3.37. The van der Waals surface area contributed by atoms with E-state index in [4.69, 9.17) is 0 Å². The van der Waals surface area contributed by atoms with E-state index in [0.717, 1.165) is 12.0 Å². The average molecular weight is 192 g/mol. The quantitative estimate of drug-likeness (QED) is 0.613. The van der Waals surface area contributed by atoms with Gasteiger partial charge in [-0.1, -0.05) is 32.1 Å². The third-order valence-corrected chi connectivity index (χ3v) is 3.60. The van der Waals surface area contributed by atoms with Gasteiger partial charge in [-0.2, -0.15) is 0 Å². The van der Waals surface area contributed by atoms with Gasteiger partial charge in [0.1, 0.15) is 5.78 Å². The van der Waals surface area contributed by atoms with Crippen molar-refractivity contribution in [3.63, 3.8) is 0 Å². The van der Waals surface area contributed by atoms with Crippen molar-refractivity contribution in [1.82, 2.24) is 0 Å². The summed E-state index contributed by atoms with van der Waals surface area (Å²) in [7, 11) is 0. The summed E-state index contributed by atoms with van der Waals surface area (Å²) >= 11 is 0. The predicted molar refractivity (Wildman–Crippen MR) is 60.0 cm³/mol. The number of allylic oxidation sites excluding steroid dienone is 2. The maximum Gasteiger partial charge on any atom is 0.139 e. The van der Waals surface area contributed by atoms with Crippen molar-refractivity contribution in [2.45, 2.75) is 33.6 Å². The third-order valence-electron chi connectivity index (χ3n) is 3.60. The van der Waals surface area contributed by atoms with Crippen LogP contribution >= 0.6 is 0 Å². The first-order valence-electron chi connectivity index (χ1n) is 5.20. The Kier molecular flexibility index (Phi) is 2.98. The van der Waals surface area contributed by atoms with Gasteiger partial charge in [0.15, 0.2) is 0 Å². The molecule has 1 aliphatic rings. The summed E-state index contributed by atoms with van der Waals surface area (Å²) in [5.74, 6) is 1.01. The normalized spacial score (nSPS) is 31.2. The fourth-order valence-electron chi connectivity index (χ4n) is 2.14. The molecule has 78 valence electrons. The lowest BCUT2D eigenvalue weighted by molar-refractivity contribution is -0.132. The van der Waals surface area contributed by atoms with E-state index in [-0.39, 0.29) is 5.41 Å². The van der Waals surface area contributed by atoms with Gasteiger partial charge in [-0.3, -0.25) is 4.79 Å². The van der Waals surface area contributed by atoms with Crippen LogP contribution in [0.3, 0.4) is 0 Å². The zero-order chi connectivity index (χ0) is 10.9. The standard InChI is InChI=1S/C13H20O/c1-6-11-7-10(9(2)3)8-12(14)13(11,4)5/h6,10-11H,1-2,7-8H2,3-5H3/t10-,11-/m0/s1. The van der Waals surface area contributed by atoms with Crippen molar-refractivity contribution in [3.05, 3.63) is 24.8 Å². The highest BCUT2D eigenvalue weighted by Crippen LogP contribution is 2.42. The lowest BCUT2D eigenvalue weighted by Crippen LogP contribution is -2.39. The van der Waals surface area contributed by atoms with Crippen molar-refractivity contribution in [2.24, 2.45) is 17.3 Å². The minimum atomic E-state index is -0.228. The molecule has 1 aliphatic carbocycles. The van der Waals surface area contributed by atoms with E-state index in [1.54, 1.807) is 0 Å². The Morgan fingerprint density at radius 2 is 2.14 bits per heavy atom. The molecule has 1 heteroatoms. The summed E-state index contributed by atoms with van der Waals surface area (Å²) in [6.45, 7) is 13.8. The van der Waals surface area contributed by atoms with Crippen LogP contribution in [0.15, 0.2) is 24.8 Å². The van der Waals surface area contributed by atoms with Gasteiger partial charge in [-0.15, -0.1) is 6.58 Å². The Labute approximate surface area is 86.9 Å². The van der Waals surface area contributed by atoms with E-state index in [9.17, 15) is 4.79 Å². The molecule has 0 aromatic heterocycles. The molecular weight excluding hydrogens is 172 g/mol. The highest BCUT2D eigenvalue weighted by molar-refractivity contribution is 5.86. The summed E-state index contributed by atoms with van der Waals surface area (Å²) in [4.78, 5) is 11.9. The molecule has 1 rings (SSSR count). The van der Waals surface area contributed by atoms with Crippen LogP contribution in [0.1, 0.15) is 33.6 Å². The van der Waals surface area contributed by atoms with Crippen molar-refractivity contribution >= 4 is 5.78 Å². The smallest absolute Gasteiger partial charge is 0.139 e. The van der Waals surface area contributed by atoms with Crippen molar-refractivity contribution < 1.29 is 4.79 Å². The zero-order valence-corrected chi connectivity index (χ0v) is 9.47. The average Bonchev–Trinajstić information content (AvgIpc) is 2.09. The van der Waals surface area contributed by atoms with E-state index in [1.807, 2.05) is 26.8 Å². The van der Waals surface area contributed by atoms with Gasteiger partial charge in [0.2, 0.25) is 0 Å². The summed E-state index contributed by atoms with van der Waals surface area (Å²) in [6, 6.07) is 0. The number of ketones is 1. The second kappa shape index (κ2) is 3.72. The van der Waals surface area contributed by atoms with Crippen LogP contribution in [0.2, 0.25) is 0 Å². The minimum Gasteiger partial charge on any atom is -0.299 e. The molecule has 0 radical (unpaired) electrons. The molecule has 0 spiro atoms. The second-order valence-corrected chi connectivity index (χ2v) is 4.97. The SMILES string of the molecule is C=C[C@H]1C[C@H](C(=C)C)CC(=O)C1(C)C. The van der Waals surface area contributed by atoms with E-state index in [0.29, 0.717) is 24.0 Å². The molecule has 0 bridgehead atoms. The molecule has 0 unspecified atom stereocenters. The van der Waals surface area contributed by atoms with Gasteiger partial charge in [0, 0.05) is 11.8 Å². The van der Waals surface area contributed by atoms with Crippen LogP contribution in [-0.2, 0) is 4.79 Å². The maximum absolute atomic E-state index is 11.9. The molecular formula is C13H20O. The van der Waals surface area contributed by atoms with Gasteiger partial charge >= 0.3 is 0 Å². The molecule has 0 aliphatic heterocycles. The van der Waals surface area contributed by atoms with Gasteiger partial charge in [-0.25, -0.2) is 0 Å². The number of rotatable bonds is 2. The Bertz CT molecular complexity index is 273. The van der Waals surface area contributed by atoms with E-state index in [2.05, 4.69) is 13.2 Å². The molecule has 14 heavy (non-hydrogen) atoms. The van der Waals surface area contributed by atoms with Crippen LogP contribution in [0.5, 0.6) is 0 Å². The first-order valence-corrected chi connectivity index (χ1v) is 5.20. The Hall–Kier alpha value is -0.850. The Morgan fingerprint density at radius 1 is 1.57 bits per heavy atom. The summed E-state index contributed by atoms with van der Waals surface area (Å²) in [5, 5.41) is 0. The molecule has 2 atom stereocenters. The fourth-order valence-corrected chi connectivity index (χ4v) is 2.14. The highest BCUT2D eigenvalue weighted by Gasteiger charge is 2.41. The zero-order valence-electron chi connectivity index (χ0n) is 9.47. The monoisotopic (exact) mass is 192 g/mol. The van der Waals surface area contributed by atoms with Gasteiger partial charge in [-0.05, 0) is 25.2 Å². The Balaban J connectivity index is 2.89. The lowest BCUT2D eigenvalue weighted by Gasteiger charge is -2.39. The lowest BCUT2D eigenvalue weighted by atomic mass is 9.63. The molecule has 0 N–H and O–H groups in total. The van der Waals surface area contributed by atoms with E-state index >= 15 is 0 Å². The van der Waals surface area contributed by atoms with Gasteiger partial charge in [0.05, 0.1) is 0 Å². The summed E-state index contributed by atoms with van der Waals surface area (Å²) in [5.41, 5.74) is 0.897. The van der Waals surface area contributed by atoms with Crippen molar-refractivity contribution in [2.75, 3.05) is 0 Å². The van der Waals surface area contributed by atoms with Crippen LogP contribution in [0.25, 0.3) is 0 Å². The number of hydrogen-bond donors (Lipinski definition) is 0. The van der Waals surface area contributed by atoms with Crippen LogP contribution in [0.4, 0.5) is 0 Å². The molecule has 0 aromatic carbocycles. The van der Waals surface area contributed by atoms with Crippen molar-refractivity contribution in [3.8, 4) is 0 Å². The molecule has 0 heterocycles. The summed E-state index contributed by atoms with van der Waals surface area (Å²) in [6.07, 6.45) is 3.61. The van der Waals surface area contributed by atoms with E-state index in [1.165, 1.54) is 0 Å². The third kappa shape index (κ3) is 1.82. The fraction of sp³-hybridized carbons (Fsp3) is 0.615. The molecule has 1 nitrogen and oxygen atoms in total. The molecule has 1 fully saturated rings. The van der Waals surface area contributed by atoms with Crippen LogP contribution < -0.4 is 0 Å². The van der Waals surface area contributed by atoms with Gasteiger partial charge in [0.25, 0.3) is 0 Å². The number of hydrogen-bond acceptors (Lipinski definition) is 1. The molecule has 0 saturated heterocycles. The summed E-state index contributed by atoms with van der Waals surface area (Å²) < 4.78 is 0. The highest BCUT2D eigenvalue weighted by atomic mass is 16.1. The van der Waals surface area contributed by atoms with E-state index < -0.39 is 0 Å². The van der Waals surface area contributed by atoms with Gasteiger partial charge < -0.3 is 0 Å².